The van der Waals surface area contributed by atoms with Crippen molar-refractivity contribution in [1.29, 1.82) is 0 Å². The summed E-state index contributed by atoms with van der Waals surface area (Å²) in [4.78, 5) is 27.0. The summed E-state index contributed by atoms with van der Waals surface area (Å²) in [5.41, 5.74) is 2.93. The van der Waals surface area contributed by atoms with Gasteiger partial charge in [-0.25, -0.2) is 4.68 Å². The Kier molecular flexibility index (Phi) is 5.07. The average molecular weight is 389 g/mol. The largest absolute Gasteiger partial charge is 0.481 e. The number of nitrogens with zero attached hydrogens (tertiary/aromatic N) is 3. The van der Waals surface area contributed by atoms with E-state index in [1.54, 1.807) is 4.68 Å². The quantitative estimate of drug-likeness (QED) is 0.598. The highest BCUT2D eigenvalue weighted by Gasteiger charge is 2.25. The van der Waals surface area contributed by atoms with Crippen molar-refractivity contribution in [3.63, 3.8) is 0 Å². The number of carbonyl (C=O) groups is 2. The molecule has 3 N–H and O–H groups in total. The van der Waals surface area contributed by atoms with Crippen LogP contribution >= 0.6 is 0 Å². The minimum atomic E-state index is -1.03. The van der Waals surface area contributed by atoms with E-state index in [9.17, 15) is 9.59 Å². The minimum absolute atomic E-state index is 0.131. The van der Waals surface area contributed by atoms with Crippen LogP contribution in [-0.2, 0) is 9.59 Å². The third-order valence-corrected chi connectivity index (χ3v) is 4.51. The number of aromatic nitrogens is 3. The number of nitrogens with one attached hydrogen (secondary N) is 2. The molecule has 1 amide bonds. The molecule has 146 valence electrons. The molecule has 1 aliphatic rings. The number of fused-ring (bicyclic) bond motifs is 1. The van der Waals surface area contributed by atoms with Crippen molar-refractivity contribution >= 4 is 29.5 Å². The van der Waals surface area contributed by atoms with Crippen LogP contribution in [0.1, 0.15) is 30.0 Å². The highest BCUT2D eigenvalue weighted by atomic mass is 16.4. The molecule has 0 fully saturated rings. The van der Waals surface area contributed by atoms with Crippen LogP contribution in [0.3, 0.4) is 0 Å². The Bertz CT molecular complexity index is 1060. The lowest BCUT2D eigenvalue weighted by Crippen LogP contribution is -2.20. The second-order valence-electron chi connectivity index (χ2n) is 6.57. The molecular weight excluding hydrogens is 370 g/mol. The molecule has 0 unspecified atom stereocenters. The van der Waals surface area contributed by atoms with E-state index in [0.717, 1.165) is 16.8 Å². The first-order chi connectivity index (χ1) is 14.1. The molecule has 0 spiro atoms. The number of rotatable bonds is 6. The van der Waals surface area contributed by atoms with Crippen molar-refractivity contribution in [2.24, 2.45) is 0 Å². The number of carboxylic acid groups (broad SMARTS) is 1. The predicted octanol–water partition coefficient (Wildman–Crippen LogP) is 3.14. The van der Waals surface area contributed by atoms with Gasteiger partial charge in [0.2, 0.25) is 11.9 Å². The molecule has 0 radical (unpaired) electrons. The van der Waals surface area contributed by atoms with Gasteiger partial charge in [0.05, 0.1) is 6.42 Å². The second-order valence-corrected chi connectivity index (χ2v) is 6.57. The van der Waals surface area contributed by atoms with E-state index in [2.05, 4.69) is 26.8 Å². The fourth-order valence-electron chi connectivity index (χ4n) is 3.13. The van der Waals surface area contributed by atoms with Gasteiger partial charge in [0.25, 0.3) is 5.95 Å². The Hall–Kier alpha value is -3.94. The van der Waals surface area contributed by atoms with Gasteiger partial charge in [-0.05, 0) is 17.2 Å². The third kappa shape index (κ3) is 4.16. The molecule has 0 bridgehead atoms. The number of amides is 1. The molecule has 29 heavy (non-hydrogen) atoms. The summed E-state index contributed by atoms with van der Waals surface area (Å²) in [6.45, 7) is 0. The maximum atomic E-state index is 12.0. The molecule has 0 saturated carbocycles. The standard InChI is InChI=1S/C21H19N5O3/c27-18(11-12-19(28)29)23-20-24-21-22-16(14-7-3-1-4-8-14)13-17(26(21)25-20)15-9-5-2-6-10-15/h1-10,13,17H,11-12H2,(H,28,29)(H2,22,23,24,25,27)/t17-/m1/s1. The number of carboxylic acids is 1. The van der Waals surface area contributed by atoms with E-state index in [0.29, 0.717) is 5.95 Å². The lowest BCUT2D eigenvalue weighted by molar-refractivity contribution is -0.138. The van der Waals surface area contributed by atoms with Gasteiger partial charge >= 0.3 is 5.97 Å². The van der Waals surface area contributed by atoms with Crippen LogP contribution in [0.15, 0.2) is 66.7 Å². The Morgan fingerprint density at radius 3 is 2.41 bits per heavy atom. The molecular formula is C21H19N5O3. The Labute approximate surface area is 166 Å². The Morgan fingerprint density at radius 2 is 1.72 bits per heavy atom. The number of benzene rings is 2. The molecule has 1 atom stereocenters. The van der Waals surface area contributed by atoms with Crippen molar-refractivity contribution in [3.05, 3.63) is 77.9 Å². The zero-order chi connectivity index (χ0) is 20.2. The molecule has 3 aromatic rings. The van der Waals surface area contributed by atoms with Crippen LogP contribution in [0.4, 0.5) is 11.9 Å². The summed E-state index contributed by atoms with van der Waals surface area (Å²) < 4.78 is 1.70. The van der Waals surface area contributed by atoms with Gasteiger partial charge in [-0.2, -0.15) is 4.98 Å². The van der Waals surface area contributed by atoms with Crippen LogP contribution in [0.5, 0.6) is 0 Å². The number of hydrogen-bond acceptors (Lipinski definition) is 5. The van der Waals surface area contributed by atoms with Crippen LogP contribution in [-0.4, -0.2) is 31.7 Å². The summed E-state index contributed by atoms with van der Waals surface area (Å²) in [6.07, 6.45) is 1.68. The predicted molar refractivity (Wildman–Crippen MR) is 108 cm³/mol. The van der Waals surface area contributed by atoms with Gasteiger partial charge in [0.15, 0.2) is 0 Å². The van der Waals surface area contributed by atoms with Crippen LogP contribution in [0, 0.1) is 0 Å². The van der Waals surface area contributed by atoms with Crippen LogP contribution in [0.2, 0.25) is 0 Å². The van der Waals surface area contributed by atoms with Gasteiger partial charge in [-0.15, -0.1) is 5.10 Å². The number of hydrogen-bond donors (Lipinski definition) is 3. The molecule has 8 heteroatoms. The summed E-state index contributed by atoms with van der Waals surface area (Å²) in [5.74, 6) is -0.845. The van der Waals surface area contributed by atoms with Crippen molar-refractivity contribution in [2.75, 3.05) is 10.6 Å². The first-order valence-electron chi connectivity index (χ1n) is 9.17. The third-order valence-electron chi connectivity index (χ3n) is 4.51. The number of allylic oxidation sites excluding steroid dienone is 1. The molecule has 4 rings (SSSR count). The fourth-order valence-corrected chi connectivity index (χ4v) is 3.13. The van der Waals surface area contributed by atoms with Crippen LogP contribution in [0.25, 0.3) is 5.70 Å². The molecule has 8 nitrogen and oxygen atoms in total. The van der Waals surface area contributed by atoms with E-state index >= 15 is 0 Å². The van der Waals surface area contributed by atoms with Gasteiger partial charge in [-0.1, -0.05) is 60.7 Å². The smallest absolute Gasteiger partial charge is 0.303 e. The lowest BCUT2D eigenvalue weighted by atomic mass is 10.0. The van der Waals surface area contributed by atoms with Gasteiger partial charge in [0.1, 0.15) is 6.04 Å². The molecule has 1 aromatic heterocycles. The minimum Gasteiger partial charge on any atom is -0.481 e. The van der Waals surface area contributed by atoms with Crippen molar-refractivity contribution in [1.82, 2.24) is 14.8 Å². The van der Waals surface area contributed by atoms with Crippen molar-refractivity contribution < 1.29 is 14.7 Å². The molecule has 2 aromatic carbocycles. The van der Waals surface area contributed by atoms with Gasteiger partial charge < -0.3 is 10.4 Å². The number of carbonyl (C=O) groups excluding carboxylic acids is 1. The fraction of sp³-hybridized carbons (Fsp3) is 0.143. The van der Waals surface area contributed by atoms with E-state index in [1.165, 1.54) is 0 Å². The van der Waals surface area contributed by atoms with Gasteiger partial charge in [-0.3, -0.25) is 14.9 Å². The number of anilines is 2. The Balaban J connectivity index is 1.65. The number of aliphatic carboxylic acids is 1. The zero-order valence-electron chi connectivity index (χ0n) is 15.4. The maximum absolute atomic E-state index is 12.0. The van der Waals surface area contributed by atoms with E-state index in [1.807, 2.05) is 60.7 Å². The summed E-state index contributed by atoms with van der Waals surface area (Å²) in [6, 6.07) is 19.5. The highest BCUT2D eigenvalue weighted by Crippen LogP contribution is 2.33. The summed E-state index contributed by atoms with van der Waals surface area (Å²) in [5, 5.41) is 19.0. The van der Waals surface area contributed by atoms with Crippen molar-refractivity contribution in [3.8, 4) is 0 Å². The van der Waals surface area contributed by atoms with Crippen molar-refractivity contribution in [2.45, 2.75) is 18.9 Å². The molecule has 2 heterocycles. The van der Waals surface area contributed by atoms with Gasteiger partial charge in [0, 0.05) is 12.1 Å². The summed E-state index contributed by atoms with van der Waals surface area (Å²) in [7, 11) is 0. The monoisotopic (exact) mass is 389 g/mol. The van der Waals surface area contributed by atoms with E-state index in [-0.39, 0.29) is 24.8 Å². The SMILES string of the molecule is O=C(O)CCC(=O)Nc1nc2n(n1)[C@@H](c1ccccc1)C=C(c1ccccc1)N2. The average Bonchev–Trinajstić information content (AvgIpc) is 3.15. The Morgan fingerprint density at radius 1 is 1.03 bits per heavy atom. The topological polar surface area (TPSA) is 109 Å². The van der Waals surface area contributed by atoms with E-state index < -0.39 is 11.9 Å². The first-order valence-corrected chi connectivity index (χ1v) is 9.17. The van der Waals surface area contributed by atoms with E-state index in [4.69, 9.17) is 5.11 Å². The normalized spacial score (nSPS) is 15.0. The highest BCUT2D eigenvalue weighted by molar-refractivity contribution is 5.91. The first kappa shape index (κ1) is 18.4. The summed E-state index contributed by atoms with van der Waals surface area (Å²) >= 11 is 0. The molecule has 0 aliphatic carbocycles. The molecule has 0 saturated heterocycles. The zero-order valence-corrected chi connectivity index (χ0v) is 15.4. The lowest BCUT2D eigenvalue weighted by Gasteiger charge is -2.24. The maximum Gasteiger partial charge on any atom is 0.303 e. The second kappa shape index (κ2) is 7.97. The van der Waals surface area contributed by atoms with Crippen LogP contribution < -0.4 is 10.6 Å². The molecule has 1 aliphatic heterocycles.